The zero-order valence-corrected chi connectivity index (χ0v) is 21.9. The van der Waals surface area contributed by atoms with Gasteiger partial charge >= 0.3 is 0 Å². The van der Waals surface area contributed by atoms with Gasteiger partial charge in [-0.1, -0.05) is 23.2 Å². The molecule has 2 unspecified atom stereocenters. The number of hydrogen-bond acceptors (Lipinski definition) is 8. The highest BCUT2D eigenvalue weighted by Crippen LogP contribution is 2.46. The fourth-order valence-corrected chi connectivity index (χ4v) is 5.45. The summed E-state index contributed by atoms with van der Waals surface area (Å²) in [6, 6.07) is 2.96. The second kappa shape index (κ2) is 10.6. The van der Waals surface area contributed by atoms with Crippen LogP contribution in [-0.4, -0.2) is 60.4 Å². The topological polar surface area (TPSA) is 90.4 Å². The quantitative estimate of drug-likeness (QED) is 0.357. The van der Waals surface area contributed by atoms with Crippen molar-refractivity contribution in [3.63, 3.8) is 0 Å². The number of methoxy groups -OCH3 is 2. The van der Waals surface area contributed by atoms with E-state index in [0.29, 0.717) is 58.5 Å². The van der Waals surface area contributed by atoms with Crippen LogP contribution < -0.4 is 20.1 Å². The zero-order chi connectivity index (χ0) is 26.2. The number of ether oxygens (including phenoxy) is 3. The number of aromatic nitrogens is 3. The van der Waals surface area contributed by atoms with Gasteiger partial charge in [-0.3, -0.25) is 0 Å². The third-order valence-electron chi connectivity index (χ3n) is 6.63. The summed E-state index contributed by atoms with van der Waals surface area (Å²) in [6.07, 6.45) is 3.39. The van der Waals surface area contributed by atoms with Gasteiger partial charge in [-0.2, -0.15) is 0 Å². The van der Waals surface area contributed by atoms with Crippen molar-refractivity contribution in [1.82, 2.24) is 15.0 Å². The normalized spacial score (nSPS) is 21.1. The summed E-state index contributed by atoms with van der Waals surface area (Å²) in [4.78, 5) is 13.9. The average Bonchev–Trinajstić information content (AvgIpc) is 3.23. The molecule has 0 spiro atoms. The molecule has 1 saturated carbocycles. The molecule has 3 heterocycles. The molecule has 2 aliphatic rings. The SMILES string of the molecule is COc1cc(OC)c(Cl)c(-c2cc3cnc(NC4CCCOC4)nc3c(NC3CCC(F)(F)C3)n2)c1Cl. The summed E-state index contributed by atoms with van der Waals surface area (Å²) in [5.41, 5.74) is 1.29. The lowest BCUT2D eigenvalue weighted by Crippen LogP contribution is -2.30. The minimum Gasteiger partial charge on any atom is -0.495 e. The number of anilines is 2. The molecule has 12 heteroatoms. The van der Waals surface area contributed by atoms with Crippen molar-refractivity contribution in [2.24, 2.45) is 0 Å². The monoisotopic (exact) mass is 553 g/mol. The lowest BCUT2D eigenvalue weighted by Gasteiger charge is -2.23. The maximum Gasteiger partial charge on any atom is 0.250 e. The zero-order valence-electron chi connectivity index (χ0n) is 20.4. The summed E-state index contributed by atoms with van der Waals surface area (Å²) in [7, 11) is 2.97. The van der Waals surface area contributed by atoms with Crippen LogP contribution in [0.15, 0.2) is 18.3 Å². The molecule has 2 atom stereocenters. The third-order valence-corrected chi connectivity index (χ3v) is 7.38. The lowest BCUT2D eigenvalue weighted by atomic mass is 10.1. The number of fused-ring (bicyclic) bond motifs is 1. The van der Waals surface area contributed by atoms with Gasteiger partial charge in [-0.15, -0.1) is 0 Å². The van der Waals surface area contributed by atoms with E-state index in [0.717, 1.165) is 19.4 Å². The van der Waals surface area contributed by atoms with Crippen molar-refractivity contribution in [3.05, 3.63) is 28.4 Å². The van der Waals surface area contributed by atoms with Gasteiger partial charge in [0.1, 0.15) is 17.0 Å². The number of alkyl halides is 2. The summed E-state index contributed by atoms with van der Waals surface area (Å²) in [6.45, 7) is 1.30. The maximum atomic E-state index is 14.0. The molecule has 37 heavy (non-hydrogen) atoms. The second-order valence-corrected chi connectivity index (χ2v) is 10.0. The lowest BCUT2D eigenvalue weighted by molar-refractivity contribution is 0.00852. The van der Waals surface area contributed by atoms with Crippen molar-refractivity contribution in [2.75, 3.05) is 38.1 Å². The molecule has 2 fully saturated rings. The second-order valence-electron chi connectivity index (χ2n) is 9.27. The number of benzene rings is 1. The first-order valence-corrected chi connectivity index (χ1v) is 12.8. The minimum absolute atomic E-state index is 0.0882. The van der Waals surface area contributed by atoms with E-state index in [9.17, 15) is 8.78 Å². The molecule has 0 radical (unpaired) electrons. The highest BCUT2D eigenvalue weighted by Gasteiger charge is 2.39. The van der Waals surface area contributed by atoms with Gasteiger partial charge in [0.05, 0.1) is 42.6 Å². The minimum atomic E-state index is -2.72. The van der Waals surface area contributed by atoms with Crippen LogP contribution in [0.2, 0.25) is 10.0 Å². The Morgan fingerprint density at radius 1 is 1.03 bits per heavy atom. The molecular formula is C25H27Cl2F2N5O3. The molecule has 2 N–H and O–H groups in total. The molecule has 3 aromatic rings. The summed E-state index contributed by atoms with van der Waals surface area (Å²) < 4.78 is 44.3. The first kappa shape index (κ1) is 25.9. The molecule has 1 aliphatic heterocycles. The van der Waals surface area contributed by atoms with E-state index >= 15 is 0 Å². The number of pyridine rings is 1. The van der Waals surface area contributed by atoms with Crippen LogP contribution in [0, 0.1) is 0 Å². The number of halogens is 4. The van der Waals surface area contributed by atoms with Gasteiger partial charge < -0.3 is 24.8 Å². The Morgan fingerprint density at radius 2 is 1.78 bits per heavy atom. The van der Waals surface area contributed by atoms with Crippen molar-refractivity contribution >= 4 is 45.9 Å². The molecule has 2 aromatic heterocycles. The Balaban J connectivity index is 1.61. The van der Waals surface area contributed by atoms with Gasteiger partial charge in [0.2, 0.25) is 11.9 Å². The van der Waals surface area contributed by atoms with E-state index in [2.05, 4.69) is 20.6 Å². The molecule has 198 valence electrons. The first-order chi connectivity index (χ1) is 17.8. The number of nitrogens with one attached hydrogen (secondary N) is 2. The average molecular weight is 554 g/mol. The van der Waals surface area contributed by atoms with E-state index in [1.807, 2.05) is 0 Å². The van der Waals surface area contributed by atoms with Gasteiger partial charge in [0.15, 0.2) is 5.82 Å². The predicted octanol–water partition coefficient (Wildman–Crippen LogP) is 6.21. The highest BCUT2D eigenvalue weighted by atomic mass is 35.5. The van der Waals surface area contributed by atoms with E-state index in [-0.39, 0.29) is 28.9 Å². The number of nitrogens with zero attached hydrogens (tertiary/aromatic N) is 3. The summed E-state index contributed by atoms with van der Waals surface area (Å²) >= 11 is 13.3. The van der Waals surface area contributed by atoms with Crippen molar-refractivity contribution in [2.45, 2.75) is 50.1 Å². The van der Waals surface area contributed by atoms with Crippen LogP contribution in [0.1, 0.15) is 32.1 Å². The first-order valence-electron chi connectivity index (χ1n) is 12.0. The van der Waals surface area contributed by atoms with E-state index < -0.39 is 12.0 Å². The Hall–Kier alpha value is -2.69. The van der Waals surface area contributed by atoms with Crippen LogP contribution in [0.4, 0.5) is 20.5 Å². The van der Waals surface area contributed by atoms with Gasteiger partial charge in [0.25, 0.3) is 0 Å². The van der Waals surface area contributed by atoms with Gasteiger partial charge in [-0.25, -0.2) is 23.7 Å². The van der Waals surface area contributed by atoms with E-state index in [4.69, 9.17) is 42.4 Å². The van der Waals surface area contributed by atoms with Crippen LogP contribution in [0.25, 0.3) is 22.2 Å². The number of hydrogen-bond donors (Lipinski definition) is 2. The van der Waals surface area contributed by atoms with Gasteiger partial charge in [-0.05, 0) is 25.3 Å². The van der Waals surface area contributed by atoms with Crippen molar-refractivity contribution in [1.29, 1.82) is 0 Å². The Labute approximate surface area is 223 Å². The Bertz CT molecular complexity index is 1280. The Kier molecular flexibility index (Phi) is 7.42. The van der Waals surface area contributed by atoms with Crippen molar-refractivity contribution in [3.8, 4) is 22.8 Å². The third kappa shape index (κ3) is 5.46. The summed E-state index contributed by atoms with van der Waals surface area (Å²) in [5.74, 6) is -1.25. The van der Waals surface area contributed by atoms with Crippen LogP contribution in [-0.2, 0) is 4.74 Å². The molecule has 0 bridgehead atoms. The van der Waals surface area contributed by atoms with Gasteiger partial charge in [0, 0.05) is 48.7 Å². The molecule has 5 rings (SSSR count). The summed E-state index contributed by atoms with van der Waals surface area (Å²) in [5, 5.41) is 7.62. The molecule has 1 aromatic carbocycles. The highest BCUT2D eigenvalue weighted by molar-refractivity contribution is 6.41. The molecule has 1 saturated heterocycles. The molecule has 1 aliphatic carbocycles. The Morgan fingerprint density at radius 3 is 2.41 bits per heavy atom. The van der Waals surface area contributed by atoms with Crippen LogP contribution in [0.5, 0.6) is 11.5 Å². The largest absolute Gasteiger partial charge is 0.495 e. The maximum absolute atomic E-state index is 14.0. The van der Waals surface area contributed by atoms with E-state index in [1.165, 1.54) is 14.2 Å². The van der Waals surface area contributed by atoms with E-state index in [1.54, 1.807) is 18.3 Å². The number of rotatable bonds is 7. The molecular weight excluding hydrogens is 527 g/mol. The molecule has 0 amide bonds. The van der Waals surface area contributed by atoms with Crippen molar-refractivity contribution < 1.29 is 23.0 Å². The fraction of sp³-hybridized carbons (Fsp3) is 0.480. The molecule has 8 nitrogen and oxygen atoms in total. The van der Waals surface area contributed by atoms with Crippen LogP contribution >= 0.6 is 23.2 Å². The predicted molar refractivity (Wildman–Crippen MR) is 140 cm³/mol. The standard InChI is InChI=1S/C25H27Cl2F2N5O3/c1-35-17-9-18(36-2)21(27)19(20(17)26)16-8-13-11-30-24(32-15-4-3-7-37-12-15)34-22(13)23(33-16)31-14-5-6-25(28,29)10-14/h8-9,11,14-15H,3-7,10,12H2,1-2H3,(H,31,33)(H,30,32,34). The fourth-order valence-electron chi connectivity index (χ4n) is 4.75. The smallest absolute Gasteiger partial charge is 0.250 e. The van der Waals surface area contributed by atoms with Crippen LogP contribution in [0.3, 0.4) is 0 Å².